The third kappa shape index (κ3) is 3.85. The van der Waals surface area contributed by atoms with Crippen molar-refractivity contribution >= 4 is 23.2 Å². The van der Waals surface area contributed by atoms with E-state index < -0.39 is 0 Å². The van der Waals surface area contributed by atoms with Gasteiger partial charge in [0.05, 0.1) is 0 Å². The number of nitrogens with zero attached hydrogens (tertiary/aromatic N) is 1. The Morgan fingerprint density at radius 1 is 1.26 bits per heavy atom. The van der Waals surface area contributed by atoms with Gasteiger partial charge < -0.3 is 5.32 Å². The summed E-state index contributed by atoms with van der Waals surface area (Å²) >= 11 is 12.2. The summed E-state index contributed by atoms with van der Waals surface area (Å²) in [6.45, 7) is 7.55. The molecule has 19 heavy (non-hydrogen) atoms. The molecule has 1 aromatic rings. The largest absolute Gasteiger partial charge is 0.311 e. The zero-order chi connectivity index (χ0) is 13.8. The van der Waals surface area contributed by atoms with Crippen LogP contribution in [0.5, 0.6) is 0 Å². The van der Waals surface area contributed by atoms with Crippen LogP contribution >= 0.6 is 23.2 Å². The molecule has 0 bridgehead atoms. The maximum atomic E-state index is 6.28. The average Bonchev–Trinajstić information content (AvgIpc) is 2.41. The van der Waals surface area contributed by atoms with Crippen LogP contribution in [0, 0.1) is 0 Å². The van der Waals surface area contributed by atoms with Crippen molar-refractivity contribution in [3.63, 3.8) is 0 Å². The quantitative estimate of drug-likeness (QED) is 0.905. The SMILES string of the molecule is CCC1CN(Cc2ccc(Cl)cc2Cl)C(CC)CN1. The van der Waals surface area contributed by atoms with Crippen LogP contribution in [-0.2, 0) is 6.54 Å². The number of piperazine rings is 1. The summed E-state index contributed by atoms with van der Waals surface area (Å²) in [6.07, 6.45) is 2.33. The lowest BCUT2D eigenvalue weighted by Gasteiger charge is -2.40. The lowest BCUT2D eigenvalue weighted by Crippen LogP contribution is -2.55. The van der Waals surface area contributed by atoms with Crippen LogP contribution in [0.15, 0.2) is 18.2 Å². The van der Waals surface area contributed by atoms with Crippen LogP contribution in [0.2, 0.25) is 10.0 Å². The fourth-order valence-electron chi connectivity index (χ4n) is 2.67. The molecule has 0 saturated carbocycles. The second-order valence-corrected chi connectivity index (χ2v) is 6.08. The number of halogens is 2. The van der Waals surface area contributed by atoms with Crippen molar-refractivity contribution < 1.29 is 0 Å². The smallest absolute Gasteiger partial charge is 0.0465 e. The van der Waals surface area contributed by atoms with Crippen molar-refractivity contribution in [2.45, 2.75) is 45.3 Å². The first-order valence-corrected chi connectivity index (χ1v) is 7.81. The van der Waals surface area contributed by atoms with Crippen molar-refractivity contribution in [2.24, 2.45) is 0 Å². The molecule has 106 valence electrons. The van der Waals surface area contributed by atoms with Gasteiger partial charge in [0.15, 0.2) is 0 Å². The molecule has 1 aromatic carbocycles. The van der Waals surface area contributed by atoms with Gasteiger partial charge in [-0.2, -0.15) is 0 Å². The van der Waals surface area contributed by atoms with E-state index in [0.717, 1.165) is 31.1 Å². The van der Waals surface area contributed by atoms with Gasteiger partial charge in [-0.3, -0.25) is 4.90 Å². The summed E-state index contributed by atoms with van der Waals surface area (Å²) in [6, 6.07) is 6.98. The molecule has 0 amide bonds. The minimum atomic E-state index is 0.592. The predicted octanol–water partition coefficient (Wildman–Crippen LogP) is 3.96. The molecule has 1 N–H and O–H groups in total. The molecule has 1 saturated heterocycles. The molecular formula is C15H22Cl2N2. The minimum absolute atomic E-state index is 0.592. The summed E-state index contributed by atoms with van der Waals surface area (Å²) in [5.41, 5.74) is 1.17. The molecule has 2 atom stereocenters. The summed E-state index contributed by atoms with van der Waals surface area (Å²) in [5.74, 6) is 0. The number of benzene rings is 1. The Kier molecular flexibility index (Phi) is 5.52. The third-order valence-electron chi connectivity index (χ3n) is 3.97. The van der Waals surface area contributed by atoms with Gasteiger partial charge in [0.1, 0.15) is 0 Å². The highest BCUT2D eigenvalue weighted by molar-refractivity contribution is 6.35. The van der Waals surface area contributed by atoms with Gasteiger partial charge in [0.2, 0.25) is 0 Å². The Labute approximate surface area is 126 Å². The monoisotopic (exact) mass is 300 g/mol. The van der Waals surface area contributed by atoms with E-state index in [9.17, 15) is 0 Å². The zero-order valence-electron chi connectivity index (χ0n) is 11.6. The van der Waals surface area contributed by atoms with Crippen molar-refractivity contribution in [3.8, 4) is 0 Å². The highest BCUT2D eigenvalue weighted by Gasteiger charge is 2.26. The fraction of sp³-hybridized carbons (Fsp3) is 0.600. The number of hydrogen-bond donors (Lipinski definition) is 1. The Bertz CT molecular complexity index is 423. The van der Waals surface area contributed by atoms with Crippen molar-refractivity contribution in [3.05, 3.63) is 33.8 Å². The minimum Gasteiger partial charge on any atom is -0.311 e. The van der Waals surface area contributed by atoms with E-state index in [0.29, 0.717) is 17.1 Å². The van der Waals surface area contributed by atoms with E-state index in [2.05, 4.69) is 24.1 Å². The van der Waals surface area contributed by atoms with Crippen molar-refractivity contribution in [2.75, 3.05) is 13.1 Å². The Morgan fingerprint density at radius 2 is 2.05 bits per heavy atom. The number of rotatable bonds is 4. The van der Waals surface area contributed by atoms with Gasteiger partial charge in [-0.25, -0.2) is 0 Å². The van der Waals surface area contributed by atoms with E-state index in [1.165, 1.54) is 12.0 Å². The molecule has 2 rings (SSSR count). The van der Waals surface area contributed by atoms with Gasteiger partial charge >= 0.3 is 0 Å². The van der Waals surface area contributed by atoms with E-state index in [4.69, 9.17) is 23.2 Å². The predicted molar refractivity (Wildman–Crippen MR) is 83.0 cm³/mol. The molecule has 0 radical (unpaired) electrons. The second kappa shape index (κ2) is 6.94. The maximum absolute atomic E-state index is 6.28. The molecule has 2 nitrogen and oxygen atoms in total. The number of hydrogen-bond acceptors (Lipinski definition) is 2. The van der Waals surface area contributed by atoms with Crippen LogP contribution in [0.25, 0.3) is 0 Å². The molecule has 4 heteroatoms. The molecule has 2 unspecified atom stereocenters. The summed E-state index contributed by atoms with van der Waals surface area (Å²) in [5, 5.41) is 5.09. The van der Waals surface area contributed by atoms with Gasteiger partial charge in [0.25, 0.3) is 0 Å². The molecule has 0 aromatic heterocycles. The first kappa shape index (κ1) is 15.1. The summed E-state index contributed by atoms with van der Waals surface area (Å²) in [7, 11) is 0. The van der Waals surface area contributed by atoms with Crippen LogP contribution in [0.3, 0.4) is 0 Å². The van der Waals surface area contributed by atoms with Crippen LogP contribution < -0.4 is 5.32 Å². The first-order chi connectivity index (χ1) is 9.13. The topological polar surface area (TPSA) is 15.3 Å². The van der Waals surface area contributed by atoms with Gasteiger partial charge in [0, 0.05) is 41.8 Å². The molecule has 0 aliphatic carbocycles. The van der Waals surface area contributed by atoms with E-state index in [1.807, 2.05) is 18.2 Å². The van der Waals surface area contributed by atoms with Crippen LogP contribution in [0.4, 0.5) is 0 Å². The highest BCUT2D eigenvalue weighted by Crippen LogP contribution is 2.24. The van der Waals surface area contributed by atoms with E-state index in [-0.39, 0.29) is 0 Å². The first-order valence-electron chi connectivity index (χ1n) is 7.05. The standard InChI is InChI=1S/C15H22Cl2N2/c1-3-13-10-19(14(4-2)8-18-13)9-11-5-6-12(16)7-15(11)17/h5-7,13-14,18H,3-4,8-10H2,1-2H3. The number of nitrogens with one attached hydrogen (secondary N) is 1. The van der Waals surface area contributed by atoms with Crippen LogP contribution in [0.1, 0.15) is 32.3 Å². The second-order valence-electron chi connectivity index (χ2n) is 5.24. The van der Waals surface area contributed by atoms with Gasteiger partial charge in [-0.15, -0.1) is 0 Å². The third-order valence-corrected chi connectivity index (χ3v) is 4.55. The Morgan fingerprint density at radius 3 is 2.68 bits per heavy atom. The van der Waals surface area contributed by atoms with Crippen molar-refractivity contribution in [1.82, 2.24) is 10.2 Å². The Balaban J connectivity index is 2.09. The van der Waals surface area contributed by atoms with Crippen molar-refractivity contribution in [1.29, 1.82) is 0 Å². The van der Waals surface area contributed by atoms with E-state index >= 15 is 0 Å². The molecule has 0 spiro atoms. The molecule has 1 aliphatic rings. The maximum Gasteiger partial charge on any atom is 0.0465 e. The summed E-state index contributed by atoms with van der Waals surface area (Å²) < 4.78 is 0. The normalized spacial score (nSPS) is 24.6. The van der Waals surface area contributed by atoms with Gasteiger partial charge in [-0.05, 0) is 30.5 Å². The summed E-state index contributed by atoms with van der Waals surface area (Å²) in [4.78, 5) is 2.54. The Hall–Kier alpha value is -0.280. The zero-order valence-corrected chi connectivity index (χ0v) is 13.1. The average molecular weight is 301 g/mol. The lowest BCUT2D eigenvalue weighted by atomic mass is 10.0. The highest BCUT2D eigenvalue weighted by atomic mass is 35.5. The molecular weight excluding hydrogens is 279 g/mol. The molecule has 1 fully saturated rings. The van der Waals surface area contributed by atoms with Gasteiger partial charge in [-0.1, -0.05) is 43.1 Å². The van der Waals surface area contributed by atoms with E-state index in [1.54, 1.807) is 0 Å². The molecule has 1 heterocycles. The molecule has 1 aliphatic heterocycles. The fourth-order valence-corrected chi connectivity index (χ4v) is 3.14. The lowest BCUT2D eigenvalue weighted by molar-refractivity contribution is 0.117. The van der Waals surface area contributed by atoms with Crippen LogP contribution in [-0.4, -0.2) is 30.1 Å².